The summed E-state index contributed by atoms with van der Waals surface area (Å²) in [7, 11) is 0. The van der Waals surface area contributed by atoms with E-state index < -0.39 is 12.1 Å². The zero-order valence-electron chi connectivity index (χ0n) is 49.9. The van der Waals surface area contributed by atoms with Gasteiger partial charge in [-0.2, -0.15) is 0 Å². The van der Waals surface area contributed by atoms with E-state index in [1.807, 2.05) is 6.08 Å². The van der Waals surface area contributed by atoms with Crippen LogP contribution in [0, 0.1) is 0 Å². The average Bonchev–Trinajstić information content (AvgIpc) is 3.40. The van der Waals surface area contributed by atoms with Gasteiger partial charge in [-0.3, -0.25) is 4.79 Å². The van der Waals surface area contributed by atoms with Crippen LogP contribution in [0.1, 0.15) is 380 Å². The number of rotatable bonds is 63. The quantitative estimate of drug-likeness (QED) is 0.0420. The molecule has 0 fully saturated rings. The fourth-order valence-electron chi connectivity index (χ4n) is 10.7. The Labute approximate surface area is 459 Å². The van der Waals surface area contributed by atoms with E-state index in [1.54, 1.807) is 6.08 Å². The number of hydrogen-bond donors (Lipinski definition) is 3. The molecule has 1 amide bonds. The molecule has 4 heteroatoms. The van der Waals surface area contributed by atoms with Crippen LogP contribution in [0.2, 0.25) is 0 Å². The van der Waals surface area contributed by atoms with Gasteiger partial charge in [-0.05, 0) is 57.8 Å². The maximum atomic E-state index is 12.5. The van der Waals surface area contributed by atoms with E-state index >= 15 is 0 Å². The zero-order valence-corrected chi connectivity index (χ0v) is 49.9. The number of carbonyl (C=O) groups excluding carboxylic acids is 1. The third-order valence-corrected chi connectivity index (χ3v) is 15.8. The van der Waals surface area contributed by atoms with E-state index in [0.717, 1.165) is 32.1 Å². The first-order chi connectivity index (χ1) is 36.2. The summed E-state index contributed by atoms with van der Waals surface area (Å²) in [5.41, 5.74) is 0. The lowest BCUT2D eigenvalue weighted by molar-refractivity contribution is -0.123. The average molecular weight is 1020 g/mol. The van der Waals surface area contributed by atoms with Crippen molar-refractivity contribution in [2.75, 3.05) is 6.61 Å². The molecule has 3 N–H and O–H groups in total. The van der Waals surface area contributed by atoms with Gasteiger partial charge in [0, 0.05) is 6.42 Å². The van der Waals surface area contributed by atoms with E-state index in [-0.39, 0.29) is 12.5 Å². The molecule has 0 aliphatic carbocycles. The highest BCUT2D eigenvalue weighted by Crippen LogP contribution is 2.19. The normalized spacial score (nSPS) is 12.9. The number of nitrogens with one attached hydrogen (secondary N) is 1. The summed E-state index contributed by atoms with van der Waals surface area (Å²) >= 11 is 0. The molecule has 0 aliphatic rings. The monoisotopic (exact) mass is 1020 g/mol. The first kappa shape index (κ1) is 71.6. The number of aliphatic hydroxyl groups excluding tert-OH is 2. The Hall–Kier alpha value is -1.39. The molecular weight excluding hydrogens is 891 g/mol. The van der Waals surface area contributed by atoms with E-state index in [1.165, 1.54) is 327 Å². The Balaban J connectivity index is 3.45. The molecule has 0 heterocycles. The van der Waals surface area contributed by atoms with Gasteiger partial charge in [-0.25, -0.2) is 0 Å². The minimum atomic E-state index is -0.862. The van der Waals surface area contributed by atoms with Crippen molar-refractivity contribution in [1.82, 2.24) is 5.32 Å². The molecular formula is C69H133NO3. The third kappa shape index (κ3) is 61.3. The molecule has 0 aliphatic heterocycles. The molecule has 2 atom stereocenters. The molecule has 0 spiro atoms. The van der Waals surface area contributed by atoms with Crippen LogP contribution >= 0.6 is 0 Å². The lowest BCUT2D eigenvalue weighted by Crippen LogP contribution is -2.45. The van der Waals surface area contributed by atoms with Gasteiger partial charge in [-0.1, -0.05) is 352 Å². The van der Waals surface area contributed by atoms with Crippen molar-refractivity contribution in [3.63, 3.8) is 0 Å². The van der Waals surface area contributed by atoms with E-state index in [2.05, 4.69) is 43.5 Å². The SMILES string of the molecule is CCCCCCCCCC/C=C\CCCCCCCCCCCCCCCCCCCCCCCC(=O)NC(CO)C(O)/C=C/CC/C=C/CCCCCCCCCCCCCCCCCCCCCCCC. The maximum Gasteiger partial charge on any atom is 0.220 e. The fourth-order valence-corrected chi connectivity index (χ4v) is 10.7. The number of aliphatic hydroxyl groups is 2. The van der Waals surface area contributed by atoms with Gasteiger partial charge >= 0.3 is 0 Å². The molecule has 0 rings (SSSR count). The van der Waals surface area contributed by atoms with Crippen molar-refractivity contribution in [3.8, 4) is 0 Å². The van der Waals surface area contributed by atoms with Crippen LogP contribution in [0.4, 0.5) is 0 Å². The van der Waals surface area contributed by atoms with Crippen molar-refractivity contribution < 1.29 is 15.0 Å². The number of unbranched alkanes of at least 4 members (excludes halogenated alkanes) is 52. The highest BCUT2D eigenvalue weighted by molar-refractivity contribution is 5.76. The minimum absolute atomic E-state index is 0.0658. The van der Waals surface area contributed by atoms with Crippen molar-refractivity contribution in [2.45, 2.75) is 392 Å². The van der Waals surface area contributed by atoms with Crippen LogP contribution in [0.15, 0.2) is 36.5 Å². The largest absolute Gasteiger partial charge is 0.394 e. The van der Waals surface area contributed by atoms with Crippen molar-refractivity contribution >= 4 is 5.91 Å². The highest BCUT2D eigenvalue weighted by Gasteiger charge is 2.18. The maximum absolute atomic E-state index is 12.5. The molecule has 0 saturated carbocycles. The lowest BCUT2D eigenvalue weighted by Gasteiger charge is -2.19. The summed E-state index contributed by atoms with van der Waals surface area (Å²) in [6.07, 6.45) is 89.4. The molecule has 2 unspecified atom stereocenters. The topological polar surface area (TPSA) is 69.6 Å². The highest BCUT2D eigenvalue weighted by atomic mass is 16.3. The lowest BCUT2D eigenvalue weighted by atomic mass is 10.0. The Morgan fingerprint density at radius 3 is 0.795 bits per heavy atom. The van der Waals surface area contributed by atoms with Gasteiger partial charge in [0.2, 0.25) is 5.91 Å². The third-order valence-electron chi connectivity index (χ3n) is 15.8. The molecule has 0 radical (unpaired) electrons. The zero-order chi connectivity index (χ0) is 52.7. The Bertz CT molecular complexity index is 1110. The molecule has 73 heavy (non-hydrogen) atoms. The Kier molecular flexibility index (Phi) is 63.7. The summed E-state index contributed by atoms with van der Waals surface area (Å²) < 4.78 is 0. The smallest absolute Gasteiger partial charge is 0.220 e. The number of carbonyl (C=O) groups is 1. The molecule has 0 aromatic rings. The number of allylic oxidation sites excluding steroid dienone is 5. The van der Waals surface area contributed by atoms with Gasteiger partial charge in [0.1, 0.15) is 0 Å². The molecule has 0 saturated heterocycles. The predicted molar refractivity (Wildman–Crippen MR) is 327 cm³/mol. The molecule has 0 aromatic heterocycles. The van der Waals surface area contributed by atoms with Gasteiger partial charge in [0.25, 0.3) is 0 Å². The molecule has 0 aromatic carbocycles. The van der Waals surface area contributed by atoms with E-state index in [4.69, 9.17) is 0 Å². The Morgan fingerprint density at radius 2 is 0.534 bits per heavy atom. The van der Waals surface area contributed by atoms with Crippen LogP contribution in [0.5, 0.6) is 0 Å². The molecule has 4 nitrogen and oxygen atoms in total. The molecule has 0 bridgehead atoms. The summed E-state index contributed by atoms with van der Waals surface area (Å²) in [4.78, 5) is 12.5. The summed E-state index contributed by atoms with van der Waals surface area (Å²) in [6.45, 7) is 4.34. The van der Waals surface area contributed by atoms with Gasteiger partial charge in [0.15, 0.2) is 0 Å². The predicted octanol–water partition coefficient (Wildman–Crippen LogP) is 22.8. The minimum Gasteiger partial charge on any atom is -0.394 e. The van der Waals surface area contributed by atoms with Crippen molar-refractivity contribution in [3.05, 3.63) is 36.5 Å². The van der Waals surface area contributed by atoms with Gasteiger partial charge < -0.3 is 15.5 Å². The summed E-state index contributed by atoms with van der Waals surface area (Å²) in [5.74, 6) is -0.0658. The first-order valence-corrected chi connectivity index (χ1v) is 33.7. The van der Waals surface area contributed by atoms with Crippen LogP contribution in [0.25, 0.3) is 0 Å². The van der Waals surface area contributed by atoms with Gasteiger partial charge in [-0.15, -0.1) is 0 Å². The Morgan fingerprint density at radius 1 is 0.315 bits per heavy atom. The van der Waals surface area contributed by atoms with E-state index in [0.29, 0.717) is 6.42 Å². The summed E-state index contributed by atoms with van der Waals surface area (Å²) in [5, 5.41) is 23.2. The van der Waals surface area contributed by atoms with Gasteiger partial charge in [0.05, 0.1) is 18.8 Å². The number of amides is 1. The number of hydrogen-bond acceptors (Lipinski definition) is 3. The van der Waals surface area contributed by atoms with Crippen molar-refractivity contribution in [2.24, 2.45) is 0 Å². The standard InChI is InChI=1S/C69H133NO3/c1-3-5-7-9-11-13-15-17-19-21-23-25-27-29-31-33-34-35-36-37-39-41-43-45-47-49-51-53-55-57-59-61-63-65-69(73)70-67(66-71)68(72)64-62-60-58-56-54-52-50-48-46-44-42-40-38-32-30-28-26-24-22-20-18-16-14-12-10-8-6-4-2/h21,23,54,56,62,64,67-68,71-72H,3-20,22,24-53,55,57-61,63,65-66H2,1-2H3,(H,70,73)/b23-21-,56-54+,64-62+. The van der Waals surface area contributed by atoms with Crippen molar-refractivity contribution in [1.29, 1.82) is 0 Å². The second kappa shape index (κ2) is 64.9. The second-order valence-electron chi connectivity index (χ2n) is 23.2. The molecule has 432 valence electrons. The van der Waals surface area contributed by atoms with Crippen LogP contribution in [0.3, 0.4) is 0 Å². The van der Waals surface area contributed by atoms with Crippen LogP contribution < -0.4 is 5.32 Å². The van der Waals surface area contributed by atoms with Crippen LogP contribution in [-0.2, 0) is 4.79 Å². The fraction of sp³-hybridized carbons (Fsp3) is 0.899. The summed E-state index contributed by atoms with van der Waals surface area (Å²) in [6, 6.07) is -0.639. The van der Waals surface area contributed by atoms with Crippen LogP contribution in [-0.4, -0.2) is 34.9 Å². The first-order valence-electron chi connectivity index (χ1n) is 33.7. The second-order valence-corrected chi connectivity index (χ2v) is 23.2. The van der Waals surface area contributed by atoms with E-state index in [9.17, 15) is 15.0 Å².